The molecule has 1 nitrogen and oxygen atoms in total. The average molecular weight is 647 g/mol. The molecule has 0 fully saturated rings. The van der Waals surface area contributed by atoms with Gasteiger partial charge >= 0.3 is 0 Å². The Labute approximate surface area is 295 Å². The zero-order valence-electron chi connectivity index (χ0n) is 27.7. The number of rotatable bonds is 3. The van der Waals surface area contributed by atoms with Gasteiger partial charge < -0.3 is 4.74 Å². The summed E-state index contributed by atoms with van der Waals surface area (Å²) in [6.45, 7) is 0. The van der Waals surface area contributed by atoms with E-state index in [9.17, 15) is 0 Å². The molecule has 51 heavy (non-hydrogen) atoms. The maximum absolute atomic E-state index is 6.84. The van der Waals surface area contributed by atoms with Gasteiger partial charge in [-0.3, -0.25) is 0 Å². The van der Waals surface area contributed by atoms with Gasteiger partial charge in [-0.2, -0.15) is 0 Å². The zero-order chi connectivity index (χ0) is 33.5. The lowest BCUT2D eigenvalue weighted by molar-refractivity contribution is 0.493. The lowest BCUT2D eigenvalue weighted by Crippen LogP contribution is -1.99. The van der Waals surface area contributed by atoms with Crippen LogP contribution in [0.15, 0.2) is 182 Å². The summed E-state index contributed by atoms with van der Waals surface area (Å²) in [5, 5.41) is 12.2. The van der Waals surface area contributed by atoms with E-state index < -0.39 is 0 Å². The van der Waals surface area contributed by atoms with Crippen LogP contribution in [0.25, 0.3) is 98.4 Å². The van der Waals surface area contributed by atoms with Gasteiger partial charge in [0.1, 0.15) is 11.5 Å². The third-order valence-corrected chi connectivity index (χ3v) is 10.8. The maximum atomic E-state index is 6.84. The Balaban J connectivity index is 1.30. The van der Waals surface area contributed by atoms with Crippen molar-refractivity contribution in [1.82, 2.24) is 0 Å². The monoisotopic (exact) mass is 646 g/mol. The summed E-state index contributed by atoms with van der Waals surface area (Å²) in [4.78, 5) is 0. The van der Waals surface area contributed by atoms with Crippen molar-refractivity contribution in [3.63, 3.8) is 0 Å². The molecule has 0 N–H and O–H groups in total. The molecular weight excluding hydrogens is 617 g/mol. The summed E-state index contributed by atoms with van der Waals surface area (Å²) < 4.78 is 6.84. The normalized spacial score (nSPS) is 12.1. The van der Waals surface area contributed by atoms with Crippen LogP contribution in [0.1, 0.15) is 0 Å². The molecule has 0 aliphatic carbocycles. The van der Waals surface area contributed by atoms with Gasteiger partial charge in [-0.15, -0.1) is 0 Å². The summed E-state index contributed by atoms with van der Waals surface area (Å²) >= 11 is 0. The molecule has 1 aliphatic rings. The number of hydrogen-bond acceptors (Lipinski definition) is 1. The van der Waals surface area contributed by atoms with Crippen LogP contribution in [0.5, 0.6) is 11.5 Å². The number of hydrogen-bond donors (Lipinski definition) is 0. The molecule has 0 saturated carbocycles. The van der Waals surface area contributed by atoms with Gasteiger partial charge in [0.2, 0.25) is 0 Å². The minimum Gasteiger partial charge on any atom is -0.455 e. The SMILES string of the molecule is c1ccc(-c2cccc3c2ccc2c(-c4ccccc4)c4ccccc4c(-c4ccc5c6c(cccc46)-c4ccc6ccccc6c4O5)c23)cc1. The van der Waals surface area contributed by atoms with Crippen LogP contribution in [-0.2, 0) is 0 Å². The predicted molar refractivity (Wildman–Crippen MR) is 216 cm³/mol. The summed E-state index contributed by atoms with van der Waals surface area (Å²) in [6.07, 6.45) is 0. The van der Waals surface area contributed by atoms with E-state index in [-0.39, 0.29) is 0 Å². The highest BCUT2D eigenvalue weighted by atomic mass is 16.5. The molecule has 10 aromatic carbocycles. The maximum Gasteiger partial charge on any atom is 0.143 e. The lowest BCUT2D eigenvalue weighted by Gasteiger charge is -2.25. The molecule has 0 aromatic heterocycles. The Morgan fingerprint density at radius 3 is 1.69 bits per heavy atom. The number of ether oxygens (including phenoxy) is 1. The van der Waals surface area contributed by atoms with E-state index >= 15 is 0 Å². The first kappa shape index (κ1) is 28.2. The fourth-order valence-corrected chi connectivity index (χ4v) is 8.68. The standard InChI is InChI=1S/C50H30O/c1-3-13-31(14-4-1)34-21-11-22-37-36(34)27-28-44-46(33-16-5-2-6-17-33)38-19-9-10-20-40(38)48(49(37)44)42-29-30-45-47-39(42)23-12-24-41(47)43-26-25-32-15-7-8-18-35(32)50(43)51-45/h1-30H. The molecule has 0 bridgehead atoms. The van der Waals surface area contributed by atoms with Gasteiger partial charge in [-0.25, -0.2) is 0 Å². The second kappa shape index (κ2) is 10.9. The molecule has 1 heterocycles. The average Bonchev–Trinajstić information content (AvgIpc) is 3.20. The molecule has 0 radical (unpaired) electrons. The lowest BCUT2D eigenvalue weighted by atomic mass is 9.81. The molecule has 0 spiro atoms. The second-order valence-corrected chi connectivity index (χ2v) is 13.5. The summed E-state index contributed by atoms with van der Waals surface area (Å²) in [5.41, 5.74) is 9.76. The van der Waals surface area contributed by atoms with E-state index in [2.05, 4.69) is 182 Å². The van der Waals surface area contributed by atoms with Crippen molar-refractivity contribution in [2.45, 2.75) is 0 Å². The van der Waals surface area contributed by atoms with Crippen molar-refractivity contribution >= 4 is 53.9 Å². The van der Waals surface area contributed by atoms with Crippen LogP contribution in [0.2, 0.25) is 0 Å². The molecule has 1 aliphatic heterocycles. The van der Waals surface area contributed by atoms with Gasteiger partial charge in [0.15, 0.2) is 0 Å². The van der Waals surface area contributed by atoms with E-state index in [0.717, 1.165) is 27.8 Å². The van der Waals surface area contributed by atoms with E-state index in [4.69, 9.17) is 4.74 Å². The molecule has 0 amide bonds. The topological polar surface area (TPSA) is 9.23 Å². The van der Waals surface area contributed by atoms with Crippen molar-refractivity contribution < 1.29 is 4.74 Å². The van der Waals surface area contributed by atoms with Gasteiger partial charge in [-0.1, -0.05) is 164 Å². The Morgan fingerprint density at radius 1 is 0.275 bits per heavy atom. The van der Waals surface area contributed by atoms with E-state index in [1.807, 2.05) is 0 Å². The Morgan fingerprint density at radius 2 is 0.882 bits per heavy atom. The van der Waals surface area contributed by atoms with Gasteiger partial charge in [-0.05, 0) is 100 Å². The van der Waals surface area contributed by atoms with E-state index in [1.54, 1.807) is 0 Å². The van der Waals surface area contributed by atoms with Crippen LogP contribution in [0, 0.1) is 0 Å². The molecular formula is C50H30O. The quantitative estimate of drug-likeness (QED) is 0.137. The first-order valence-corrected chi connectivity index (χ1v) is 17.6. The third kappa shape index (κ3) is 4.09. The van der Waals surface area contributed by atoms with Crippen LogP contribution in [0.3, 0.4) is 0 Å². The summed E-state index contributed by atoms with van der Waals surface area (Å²) in [7, 11) is 0. The Hall–Kier alpha value is -6.70. The van der Waals surface area contributed by atoms with Gasteiger partial charge in [0.05, 0.1) is 0 Å². The van der Waals surface area contributed by atoms with Crippen LogP contribution < -0.4 is 4.74 Å². The van der Waals surface area contributed by atoms with Crippen LogP contribution in [0.4, 0.5) is 0 Å². The minimum atomic E-state index is 0.902. The molecule has 236 valence electrons. The fourth-order valence-electron chi connectivity index (χ4n) is 8.68. The first-order valence-electron chi connectivity index (χ1n) is 17.6. The molecule has 0 atom stereocenters. The minimum absolute atomic E-state index is 0.902. The van der Waals surface area contributed by atoms with Gasteiger partial charge in [0, 0.05) is 16.3 Å². The molecule has 0 saturated heterocycles. The predicted octanol–water partition coefficient (Wildman–Crippen LogP) is 14.2. The smallest absolute Gasteiger partial charge is 0.143 e. The number of benzene rings is 10. The highest BCUT2D eigenvalue weighted by Gasteiger charge is 2.26. The summed E-state index contributed by atoms with van der Waals surface area (Å²) in [6, 6.07) is 66.2. The van der Waals surface area contributed by atoms with Crippen molar-refractivity contribution in [2.24, 2.45) is 0 Å². The van der Waals surface area contributed by atoms with E-state index in [1.165, 1.54) is 82.0 Å². The highest BCUT2D eigenvalue weighted by molar-refractivity contribution is 6.31. The van der Waals surface area contributed by atoms with Crippen molar-refractivity contribution in [2.75, 3.05) is 0 Å². The second-order valence-electron chi connectivity index (χ2n) is 13.5. The zero-order valence-corrected chi connectivity index (χ0v) is 27.7. The highest BCUT2D eigenvalue weighted by Crippen LogP contribution is 2.53. The largest absolute Gasteiger partial charge is 0.455 e. The van der Waals surface area contributed by atoms with Crippen molar-refractivity contribution in [1.29, 1.82) is 0 Å². The first-order chi connectivity index (χ1) is 25.3. The van der Waals surface area contributed by atoms with Crippen LogP contribution in [-0.4, -0.2) is 0 Å². The summed E-state index contributed by atoms with van der Waals surface area (Å²) in [5.74, 6) is 1.84. The van der Waals surface area contributed by atoms with Gasteiger partial charge in [0.25, 0.3) is 0 Å². The molecule has 10 aromatic rings. The molecule has 1 heteroatoms. The van der Waals surface area contributed by atoms with Crippen LogP contribution >= 0.6 is 0 Å². The van der Waals surface area contributed by atoms with Crippen molar-refractivity contribution in [3.8, 4) is 56.0 Å². The Bertz CT molecular complexity index is 3030. The molecule has 0 unspecified atom stereocenters. The van der Waals surface area contributed by atoms with Crippen molar-refractivity contribution in [3.05, 3.63) is 182 Å². The third-order valence-electron chi connectivity index (χ3n) is 10.8. The Kier molecular flexibility index (Phi) is 6.02. The fraction of sp³-hybridized carbons (Fsp3) is 0. The van der Waals surface area contributed by atoms with E-state index in [0.29, 0.717) is 0 Å². The molecule has 11 rings (SSSR count). The number of fused-ring (bicyclic) bond motifs is 8.